The first-order chi connectivity index (χ1) is 15.7. The molecule has 0 unspecified atom stereocenters. The van der Waals surface area contributed by atoms with Crippen LogP contribution in [0.1, 0.15) is 23.0 Å². The van der Waals surface area contributed by atoms with Crippen LogP contribution in [-0.2, 0) is 16.6 Å². The monoisotopic (exact) mass is 469 g/mol. The molecule has 4 rings (SSSR count). The third kappa shape index (κ3) is 4.77. The van der Waals surface area contributed by atoms with Gasteiger partial charge in [0.15, 0.2) is 23.2 Å². The maximum atomic E-state index is 14.3. The van der Waals surface area contributed by atoms with E-state index < -0.39 is 27.5 Å². The number of aromatic nitrogens is 4. The first-order valence-corrected chi connectivity index (χ1v) is 11.2. The Kier molecular flexibility index (Phi) is 5.97. The second-order valence-electron chi connectivity index (χ2n) is 7.03. The summed E-state index contributed by atoms with van der Waals surface area (Å²) in [5.74, 6) is -2.47. The van der Waals surface area contributed by atoms with Crippen LogP contribution in [-0.4, -0.2) is 33.9 Å². The Labute approximate surface area is 188 Å². The fourth-order valence-electron chi connectivity index (χ4n) is 3.07. The third-order valence-corrected chi connectivity index (χ3v) is 6.03. The van der Waals surface area contributed by atoms with E-state index in [2.05, 4.69) is 19.8 Å². The number of rotatable bonds is 7. The van der Waals surface area contributed by atoms with Crippen LogP contribution < -0.4 is 4.72 Å². The molecule has 0 bridgehead atoms. The van der Waals surface area contributed by atoms with E-state index in [9.17, 15) is 22.0 Å². The molecule has 0 spiro atoms. The fourth-order valence-corrected chi connectivity index (χ4v) is 4.10. The second kappa shape index (κ2) is 8.87. The van der Waals surface area contributed by atoms with Gasteiger partial charge in [-0.3, -0.25) is 14.2 Å². The Morgan fingerprint density at radius 1 is 1.03 bits per heavy atom. The number of halogens is 2. The highest BCUT2D eigenvalue weighted by molar-refractivity contribution is 7.92. The number of hydrogen-bond donors (Lipinski definition) is 1. The maximum Gasteiger partial charge on any atom is 0.263 e. The first-order valence-electron chi connectivity index (χ1n) is 9.67. The van der Waals surface area contributed by atoms with Crippen LogP contribution in [0.2, 0.25) is 0 Å². The summed E-state index contributed by atoms with van der Waals surface area (Å²) < 4.78 is 56.9. The van der Waals surface area contributed by atoms with Gasteiger partial charge in [0.25, 0.3) is 10.0 Å². The Morgan fingerprint density at radius 3 is 2.42 bits per heavy atom. The molecule has 0 aliphatic carbocycles. The molecule has 0 atom stereocenters. The Hall–Kier alpha value is -3.99. The van der Waals surface area contributed by atoms with E-state index in [1.54, 1.807) is 24.3 Å². The molecule has 0 saturated carbocycles. The third-order valence-electron chi connectivity index (χ3n) is 4.68. The predicted molar refractivity (Wildman–Crippen MR) is 116 cm³/mol. The van der Waals surface area contributed by atoms with Crippen molar-refractivity contribution < 1.29 is 22.0 Å². The predicted octanol–water partition coefficient (Wildman–Crippen LogP) is 3.67. The fraction of sp³-hybridized carbons (Fsp3) is 0.0909. The van der Waals surface area contributed by atoms with Crippen molar-refractivity contribution in [1.29, 1.82) is 0 Å². The normalized spacial score (nSPS) is 11.4. The zero-order chi connectivity index (χ0) is 23.6. The van der Waals surface area contributed by atoms with Gasteiger partial charge in [0, 0.05) is 12.5 Å². The molecule has 11 heteroatoms. The van der Waals surface area contributed by atoms with Crippen molar-refractivity contribution in [3.8, 4) is 11.5 Å². The largest absolute Gasteiger partial charge is 0.293 e. The van der Waals surface area contributed by atoms with E-state index in [1.165, 1.54) is 48.0 Å². The number of carbonyl (C=O) groups excluding carboxylic acids is 1. The molecule has 0 aliphatic rings. The van der Waals surface area contributed by atoms with Crippen molar-refractivity contribution in [1.82, 2.24) is 19.7 Å². The number of nitrogens with zero attached hydrogens (tertiary/aromatic N) is 4. The highest BCUT2D eigenvalue weighted by atomic mass is 32.2. The van der Waals surface area contributed by atoms with Crippen LogP contribution in [0.25, 0.3) is 11.5 Å². The summed E-state index contributed by atoms with van der Waals surface area (Å²) in [5.41, 5.74) is 0.565. The minimum atomic E-state index is -4.10. The number of hydrogen-bond acceptors (Lipinski definition) is 6. The lowest BCUT2D eigenvalue weighted by Gasteiger charge is -2.08. The molecule has 0 fully saturated rings. The maximum absolute atomic E-state index is 14.3. The lowest BCUT2D eigenvalue weighted by atomic mass is 10.2. The summed E-state index contributed by atoms with van der Waals surface area (Å²) in [6.07, 6.45) is 0.800. The molecule has 0 amide bonds. The molecule has 8 nitrogen and oxygen atoms in total. The second-order valence-corrected chi connectivity index (χ2v) is 8.71. The van der Waals surface area contributed by atoms with Crippen molar-refractivity contribution in [2.75, 3.05) is 4.72 Å². The van der Waals surface area contributed by atoms with Crippen molar-refractivity contribution in [3.05, 3.63) is 89.8 Å². The van der Waals surface area contributed by atoms with Crippen molar-refractivity contribution >= 4 is 21.6 Å². The Balaban J connectivity index is 1.70. The average Bonchev–Trinajstić information content (AvgIpc) is 3.21. The lowest BCUT2D eigenvalue weighted by Crippen LogP contribution is -2.15. The van der Waals surface area contributed by atoms with E-state index >= 15 is 0 Å². The SMILES string of the molecule is CC(=O)c1cc(-c2ncc(F)c(NS(=O)(=O)c3ccccc3)n2)nn1Cc1ccccc1F. The van der Waals surface area contributed by atoms with Gasteiger partial charge in [-0.1, -0.05) is 36.4 Å². The van der Waals surface area contributed by atoms with Gasteiger partial charge in [0.05, 0.1) is 17.6 Å². The number of carbonyl (C=O) groups is 1. The number of nitrogens with one attached hydrogen (secondary N) is 1. The summed E-state index contributed by atoms with van der Waals surface area (Å²) in [6.45, 7) is 1.29. The molecule has 168 valence electrons. The molecule has 2 aromatic heterocycles. The first kappa shape index (κ1) is 22.2. The summed E-state index contributed by atoms with van der Waals surface area (Å²) in [7, 11) is -4.10. The molecule has 0 radical (unpaired) electrons. The van der Waals surface area contributed by atoms with Crippen LogP contribution >= 0.6 is 0 Å². The number of ketones is 1. The number of anilines is 1. The number of Topliss-reactive ketones (excluding diaryl/α,β-unsaturated/α-hetero) is 1. The highest BCUT2D eigenvalue weighted by Crippen LogP contribution is 2.22. The molecular weight excluding hydrogens is 452 g/mol. The van der Waals surface area contributed by atoms with Crippen LogP contribution in [0.5, 0.6) is 0 Å². The van der Waals surface area contributed by atoms with Gasteiger partial charge < -0.3 is 0 Å². The van der Waals surface area contributed by atoms with Crippen molar-refractivity contribution in [3.63, 3.8) is 0 Å². The van der Waals surface area contributed by atoms with E-state index in [4.69, 9.17) is 0 Å². The van der Waals surface area contributed by atoms with Gasteiger partial charge in [0.1, 0.15) is 17.2 Å². The molecular formula is C22H17F2N5O3S. The van der Waals surface area contributed by atoms with Gasteiger partial charge in [-0.25, -0.2) is 27.2 Å². The van der Waals surface area contributed by atoms with Crippen molar-refractivity contribution in [2.24, 2.45) is 0 Å². The average molecular weight is 469 g/mol. The van der Waals surface area contributed by atoms with Crippen LogP contribution in [0, 0.1) is 11.6 Å². The summed E-state index contributed by atoms with van der Waals surface area (Å²) in [4.78, 5) is 19.9. The van der Waals surface area contributed by atoms with Gasteiger partial charge in [-0.15, -0.1) is 0 Å². The van der Waals surface area contributed by atoms with Crippen LogP contribution in [0.4, 0.5) is 14.6 Å². The topological polar surface area (TPSA) is 107 Å². The standard InChI is InChI=1S/C22H17F2N5O3S/c1-14(30)20-11-19(27-29(20)13-15-7-5-6-10-17(15)23)22-25-12-18(24)21(26-22)28-33(31,32)16-8-3-2-4-9-16/h2-12H,13H2,1H3,(H,25,26,28). The molecule has 0 aliphatic heterocycles. The Bertz CT molecular complexity index is 1440. The lowest BCUT2D eigenvalue weighted by molar-refractivity contribution is 0.100. The van der Waals surface area contributed by atoms with Gasteiger partial charge in [0.2, 0.25) is 0 Å². The molecule has 4 aromatic rings. The van der Waals surface area contributed by atoms with E-state index in [0.717, 1.165) is 6.20 Å². The molecule has 1 N–H and O–H groups in total. The molecule has 0 saturated heterocycles. The van der Waals surface area contributed by atoms with Gasteiger partial charge in [-0.05, 0) is 24.3 Å². The van der Waals surface area contributed by atoms with E-state index in [0.29, 0.717) is 5.56 Å². The zero-order valence-electron chi connectivity index (χ0n) is 17.2. The summed E-state index contributed by atoms with van der Waals surface area (Å²) in [5, 5.41) is 4.27. The smallest absolute Gasteiger partial charge is 0.263 e. The summed E-state index contributed by atoms with van der Waals surface area (Å²) >= 11 is 0. The number of benzene rings is 2. The molecule has 33 heavy (non-hydrogen) atoms. The van der Waals surface area contributed by atoms with E-state index in [-0.39, 0.29) is 34.4 Å². The van der Waals surface area contributed by atoms with Crippen LogP contribution in [0.3, 0.4) is 0 Å². The van der Waals surface area contributed by atoms with E-state index in [1.807, 2.05) is 0 Å². The molecule has 2 aromatic carbocycles. The summed E-state index contributed by atoms with van der Waals surface area (Å²) in [6, 6.07) is 14.8. The highest BCUT2D eigenvalue weighted by Gasteiger charge is 2.21. The van der Waals surface area contributed by atoms with Gasteiger partial charge >= 0.3 is 0 Å². The Morgan fingerprint density at radius 2 is 1.73 bits per heavy atom. The number of sulfonamides is 1. The quantitative estimate of drug-likeness (QED) is 0.414. The molecule has 2 heterocycles. The minimum Gasteiger partial charge on any atom is -0.293 e. The minimum absolute atomic E-state index is 0.0315. The zero-order valence-corrected chi connectivity index (χ0v) is 18.1. The van der Waals surface area contributed by atoms with Crippen LogP contribution in [0.15, 0.2) is 71.8 Å². The van der Waals surface area contributed by atoms with Gasteiger partial charge in [-0.2, -0.15) is 5.10 Å². The van der Waals surface area contributed by atoms with Crippen molar-refractivity contribution in [2.45, 2.75) is 18.4 Å².